The maximum absolute atomic E-state index is 12.1. The first-order valence-corrected chi connectivity index (χ1v) is 9.19. The fourth-order valence-electron chi connectivity index (χ4n) is 2.63. The minimum absolute atomic E-state index is 0.105. The summed E-state index contributed by atoms with van der Waals surface area (Å²) in [6, 6.07) is 12.4. The molecule has 0 bridgehead atoms. The van der Waals surface area contributed by atoms with Crippen LogP contribution in [-0.2, 0) is 9.53 Å². The molecule has 5 nitrogen and oxygen atoms in total. The van der Waals surface area contributed by atoms with Gasteiger partial charge < -0.3 is 20.1 Å². The Bertz CT molecular complexity index is 764. The Morgan fingerprint density at radius 2 is 2.12 bits per heavy atom. The minimum Gasteiger partial charge on any atom is -0.491 e. The molecule has 1 fully saturated rings. The van der Waals surface area contributed by atoms with Crippen molar-refractivity contribution in [3.05, 3.63) is 52.5 Å². The predicted molar refractivity (Wildman–Crippen MR) is 104 cm³/mol. The molecule has 26 heavy (non-hydrogen) atoms. The van der Waals surface area contributed by atoms with Gasteiger partial charge in [-0.3, -0.25) is 4.79 Å². The first-order valence-electron chi connectivity index (χ1n) is 8.43. The highest BCUT2D eigenvalue weighted by Crippen LogP contribution is 2.25. The van der Waals surface area contributed by atoms with E-state index in [0.717, 1.165) is 30.9 Å². The van der Waals surface area contributed by atoms with Gasteiger partial charge >= 0.3 is 0 Å². The zero-order valence-corrected chi connectivity index (χ0v) is 15.6. The highest BCUT2D eigenvalue weighted by molar-refractivity contribution is 6.36. The van der Waals surface area contributed by atoms with Crippen molar-refractivity contribution in [3.8, 4) is 5.75 Å². The number of ether oxygens (including phenoxy) is 2. The van der Waals surface area contributed by atoms with Gasteiger partial charge in [0.1, 0.15) is 12.4 Å². The summed E-state index contributed by atoms with van der Waals surface area (Å²) in [6.07, 6.45) is 2.29. The van der Waals surface area contributed by atoms with E-state index in [1.165, 1.54) is 0 Å². The van der Waals surface area contributed by atoms with Crippen LogP contribution in [0.15, 0.2) is 42.5 Å². The van der Waals surface area contributed by atoms with Gasteiger partial charge in [-0.2, -0.15) is 0 Å². The minimum atomic E-state index is -0.208. The van der Waals surface area contributed by atoms with Gasteiger partial charge in [-0.05, 0) is 43.2 Å². The number of hydrogen-bond donors (Lipinski definition) is 2. The quantitative estimate of drug-likeness (QED) is 0.719. The number of nitrogens with one attached hydrogen (secondary N) is 2. The Labute approximate surface area is 162 Å². The SMILES string of the molecule is O=C(CNc1cccc(OCC2CCCO2)c1)Nc1ccc(Cl)cc1Cl. The topological polar surface area (TPSA) is 59.6 Å². The number of amides is 1. The van der Waals surface area contributed by atoms with Gasteiger partial charge in [0, 0.05) is 23.4 Å². The highest BCUT2D eigenvalue weighted by atomic mass is 35.5. The third kappa shape index (κ3) is 5.53. The Balaban J connectivity index is 1.49. The van der Waals surface area contributed by atoms with E-state index in [4.69, 9.17) is 32.7 Å². The molecule has 0 saturated carbocycles. The van der Waals surface area contributed by atoms with Crippen molar-refractivity contribution in [2.24, 2.45) is 0 Å². The van der Waals surface area contributed by atoms with Crippen molar-refractivity contribution < 1.29 is 14.3 Å². The van der Waals surface area contributed by atoms with Crippen molar-refractivity contribution >= 4 is 40.5 Å². The standard InChI is InChI=1S/C19H20Cl2N2O3/c20-13-6-7-18(17(21)9-13)23-19(24)11-22-14-3-1-4-15(10-14)26-12-16-5-2-8-25-16/h1,3-4,6-7,9-10,16,22H,2,5,8,11-12H2,(H,23,24). The normalized spacial score (nSPS) is 16.3. The lowest BCUT2D eigenvalue weighted by Gasteiger charge is -2.13. The maximum atomic E-state index is 12.1. The molecular formula is C19H20Cl2N2O3. The van der Waals surface area contributed by atoms with E-state index in [1.807, 2.05) is 24.3 Å². The Morgan fingerprint density at radius 3 is 2.88 bits per heavy atom. The van der Waals surface area contributed by atoms with Gasteiger partial charge in [0.2, 0.25) is 5.91 Å². The van der Waals surface area contributed by atoms with Crippen LogP contribution in [0.5, 0.6) is 5.75 Å². The summed E-state index contributed by atoms with van der Waals surface area (Å²) < 4.78 is 11.3. The molecule has 1 unspecified atom stereocenters. The molecule has 7 heteroatoms. The van der Waals surface area contributed by atoms with Crippen molar-refractivity contribution in [1.29, 1.82) is 0 Å². The van der Waals surface area contributed by atoms with E-state index in [2.05, 4.69) is 10.6 Å². The number of hydrogen-bond acceptors (Lipinski definition) is 4. The van der Waals surface area contributed by atoms with E-state index >= 15 is 0 Å². The fraction of sp³-hybridized carbons (Fsp3) is 0.316. The lowest BCUT2D eigenvalue weighted by atomic mass is 10.2. The number of carbonyl (C=O) groups is 1. The molecule has 0 aromatic heterocycles. The fourth-order valence-corrected chi connectivity index (χ4v) is 3.08. The van der Waals surface area contributed by atoms with Gasteiger partial charge in [-0.25, -0.2) is 0 Å². The van der Waals surface area contributed by atoms with Gasteiger partial charge in [-0.1, -0.05) is 29.3 Å². The first kappa shape index (κ1) is 18.8. The van der Waals surface area contributed by atoms with Gasteiger partial charge in [0.15, 0.2) is 0 Å². The zero-order chi connectivity index (χ0) is 18.4. The summed E-state index contributed by atoms with van der Waals surface area (Å²) in [4.78, 5) is 12.1. The van der Waals surface area contributed by atoms with Gasteiger partial charge in [0.25, 0.3) is 0 Å². The molecule has 3 rings (SSSR count). The Kier molecular flexibility index (Phi) is 6.61. The number of anilines is 2. The largest absolute Gasteiger partial charge is 0.491 e. The van der Waals surface area contributed by atoms with Crippen LogP contribution in [0.25, 0.3) is 0 Å². The molecule has 1 atom stereocenters. The van der Waals surface area contributed by atoms with Crippen LogP contribution in [0.4, 0.5) is 11.4 Å². The molecule has 1 aliphatic heterocycles. The van der Waals surface area contributed by atoms with E-state index < -0.39 is 0 Å². The van der Waals surface area contributed by atoms with E-state index in [9.17, 15) is 4.79 Å². The molecule has 1 heterocycles. The summed E-state index contributed by atoms with van der Waals surface area (Å²) in [7, 11) is 0. The summed E-state index contributed by atoms with van der Waals surface area (Å²) in [5.41, 5.74) is 1.32. The monoisotopic (exact) mass is 394 g/mol. The van der Waals surface area contributed by atoms with Crippen LogP contribution in [0.3, 0.4) is 0 Å². The summed E-state index contributed by atoms with van der Waals surface area (Å²) >= 11 is 11.9. The van der Waals surface area contributed by atoms with Crippen LogP contribution in [-0.4, -0.2) is 31.8 Å². The van der Waals surface area contributed by atoms with Crippen molar-refractivity contribution in [3.63, 3.8) is 0 Å². The molecule has 1 saturated heterocycles. The molecule has 1 aliphatic rings. The third-order valence-corrected chi connectivity index (χ3v) is 4.50. The summed E-state index contributed by atoms with van der Waals surface area (Å²) in [5, 5.41) is 6.73. The predicted octanol–water partition coefficient (Wildman–Crippen LogP) is 4.60. The van der Waals surface area contributed by atoms with Crippen LogP contribution in [0.1, 0.15) is 12.8 Å². The molecule has 0 radical (unpaired) electrons. The second kappa shape index (κ2) is 9.12. The van der Waals surface area contributed by atoms with Crippen molar-refractivity contribution in [2.75, 3.05) is 30.4 Å². The number of rotatable bonds is 7. The molecule has 0 spiro atoms. The smallest absolute Gasteiger partial charge is 0.243 e. The number of carbonyl (C=O) groups excluding carboxylic acids is 1. The van der Waals surface area contributed by atoms with E-state index in [-0.39, 0.29) is 18.6 Å². The van der Waals surface area contributed by atoms with Crippen LogP contribution >= 0.6 is 23.2 Å². The molecule has 2 aromatic rings. The second-order valence-corrected chi connectivity index (χ2v) is 6.84. The first-order chi connectivity index (χ1) is 12.6. The number of benzene rings is 2. The van der Waals surface area contributed by atoms with Crippen LogP contribution in [0.2, 0.25) is 10.0 Å². The molecule has 0 aliphatic carbocycles. The number of halogens is 2. The third-order valence-electron chi connectivity index (χ3n) is 3.95. The summed E-state index contributed by atoms with van der Waals surface area (Å²) in [5.74, 6) is 0.534. The van der Waals surface area contributed by atoms with Crippen LogP contribution < -0.4 is 15.4 Å². The van der Waals surface area contributed by atoms with E-state index in [0.29, 0.717) is 22.3 Å². The molecule has 1 amide bonds. The van der Waals surface area contributed by atoms with Gasteiger partial charge in [0.05, 0.1) is 23.4 Å². The van der Waals surface area contributed by atoms with Crippen molar-refractivity contribution in [2.45, 2.75) is 18.9 Å². The van der Waals surface area contributed by atoms with E-state index in [1.54, 1.807) is 18.2 Å². The Morgan fingerprint density at radius 1 is 1.23 bits per heavy atom. The Hall–Kier alpha value is -1.95. The van der Waals surface area contributed by atoms with Crippen LogP contribution in [0, 0.1) is 0 Å². The lowest BCUT2D eigenvalue weighted by Crippen LogP contribution is -2.22. The second-order valence-electron chi connectivity index (χ2n) is 6.00. The summed E-state index contributed by atoms with van der Waals surface area (Å²) in [6.45, 7) is 1.45. The zero-order valence-electron chi connectivity index (χ0n) is 14.1. The van der Waals surface area contributed by atoms with Gasteiger partial charge in [-0.15, -0.1) is 0 Å². The maximum Gasteiger partial charge on any atom is 0.243 e. The molecule has 2 aromatic carbocycles. The van der Waals surface area contributed by atoms with Crippen molar-refractivity contribution in [1.82, 2.24) is 0 Å². The highest BCUT2D eigenvalue weighted by Gasteiger charge is 2.16. The average Bonchev–Trinajstić information content (AvgIpc) is 3.15. The average molecular weight is 395 g/mol. The molecular weight excluding hydrogens is 375 g/mol. The molecule has 2 N–H and O–H groups in total. The lowest BCUT2D eigenvalue weighted by molar-refractivity contribution is -0.114. The molecule has 138 valence electrons.